The number of aliphatic hydroxyl groups is 1. The maximum atomic E-state index is 13.7. The summed E-state index contributed by atoms with van der Waals surface area (Å²) in [5.41, 5.74) is 4.43. The molecule has 25 heteroatoms. The van der Waals surface area contributed by atoms with Gasteiger partial charge in [0.25, 0.3) is 3.79 Å². The predicted molar refractivity (Wildman–Crippen MR) is 416 cm³/mol. The van der Waals surface area contributed by atoms with Crippen molar-refractivity contribution in [3.63, 3.8) is 0 Å². The maximum Gasteiger partial charge on any atom is 0.338 e. The molecule has 0 aromatic heterocycles. The van der Waals surface area contributed by atoms with E-state index in [0.29, 0.717) is 36.5 Å². The van der Waals surface area contributed by atoms with Crippen molar-refractivity contribution in [1.29, 1.82) is 5.41 Å². The largest absolute Gasteiger partial charge is 0.455 e. The van der Waals surface area contributed by atoms with E-state index in [2.05, 4.69) is 6.92 Å². The van der Waals surface area contributed by atoms with Gasteiger partial charge < -0.3 is 76.2 Å². The van der Waals surface area contributed by atoms with Crippen molar-refractivity contribution < 1.29 is 90.5 Å². The van der Waals surface area contributed by atoms with E-state index in [9.17, 15) is 19.5 Å². The molecule has 109 heavy (non-hydrogen) atoms. The predicted octanol–water partition coefficient (Wildman–Crippen LogP) is 16.0. The number of esters is 3. The third-order valence-electron chi connectivity index (χ3n) is 19.9. The first-order chi connectivity index (χ1) is 52.8. The number of nitrogens with one attached hydrogen (secondary N) is 1. The number of halogens is 3. The minimum absolute atomic E-state index is 0.0523. The highest BCUT2D eigenvalue weighted by atomic mass is 35.6. The van der Waals surface area contributed by atoms with Crippen molar-refractivity contribution in [3.8, 4) is 0 Å². The fourth-order valence-electron chi connectivity index (χ4n) is 13.7. The van der Waals surface area contributed by atoms with E-state index in [1.54, 1.807) is 96.3 Å². The van der Waals surface area contributed by atoms with Crippen molar-refractivity contribution in [1.82, 2.24) is 0 Å². The Labute approximate surface area is 661 Å². The zero-order chi connectivity index (χ0) is 77.0. The summed E-state index contributed by atoms with van der Waals surface area (Å²) in [6.45, 7) is 15.9. The van der Waals surface area contributed by atoms with Crippen molar-refractivity contribution in [2.75, 3.05) is 37.9 Å². The lowest BCUT2D eigenvalue weighted by Crippen LogP contribution is -2.63. The third-order valence-corrected chi connectivity index (χ3v) is 22.5. The van der Waals surface area contributed by atoms with Crippen molar-refractivity contribution in [2.45, 2.75) is 169 Å². The molecule has 22 unspecified atom stereocenters. The molecule has 20 nitrogen and oxygen atoms in total. The first-order valence-electron chi connectivity index (χ1n) is 36.9. The number of thioether (sulfide) groups is 2. The highest BCUT2D eigenvalue weighted by molar-refractivity contribution is 8.00. The van der Waals surface area contributed by atoms with Crippen LogP contribution >= 0.6 is 58.3 Å². The first kappa shape index (κ1) is 83.4. The molecule has 0 radical (unpaired) electrons. The van der Waals surface area contributed by atoms with E-state index >= 15 is 0 Å². The molecule has 0 spiro atoms. The van der Waals surface area contributed by atoms with Crippen LogP contribution in [0.5, 0.6) is 0 Å². The zero-order valence-corrected chi connectivity index (χ0v) is 65.7. The Morgan fingerprint density at radius 1 is 0.440 bits per heavy atom. The molecule has 2 N–H and O–H groups in total. The summed E-state index contributed by atoms with van der Waals surface area (Å²) in [5.74, 6) is -1.25. The normalized spacial score (nSPS) is 30.7. The molecule has 7 aromatic carbocycles. The summed E-state index contributed by atoms with van der Waals surface area (Å²) in [6.07, 6.45) is -8.84. The molecular formula is C84H96Cl3NO19S2. The Morgan fingerprint density at radius 3 is 1.25 bits per heavy atom. The van der Waals surface area contributed by atoms with Gasteiger partial charge in [-0.15, -0.1) is 23.5 Å². The average molecular weight is 1590 g/mol. The second-order valence-corrected chi connectivity index (χ2v) is 32.5. The van der Waals surface area contributed by atoms with Crippen LogP contribution < -0.4 is 0 Å². The number of benzene rings is 7. The lowest BCUT2D eigenvalue weighted by Gasteiger charge is -2.50. The summed E-state index contributed by atoms with van der Waals surface area (Å²) >= 11 is 20.2. The number of hydrogen-bond donors (Lipinski definition) is 2. The molecule has 0 bridgehead atoms. The van der Waals surface area contributed by atoms with Crippen LogP contribution in [-0.4, -0.2) is 161 Å². The number of alkyl halides is 3. The van der Waals surface area contributed by atoms with Crippen LogP contribution in [0.1, 0.15) is 114 Å². The quantitative estimate of drug-likeness (QED) is 0.0199. The molecular weight excluding hydrogens is 1500 g/mol. The fourth-order valence-corrected chi connectivity index (χ4v) is 16.0. The van der Waals surface area contributed by atoms with Gasteiger partial charge in [-0.3, -0.25) is 5.41 Å². The molecule has 0 aliphatic carbocycles. The summed E-state index contributed by atoms with van der Waals surface area (Å²) in [6, 6.07) is 65.9. The minimum atomic E-state index is -1.92. The van der Waals surface area contributed by atoms with Gasteiger partial charge in [0, 0.05) is 34.8 Å². The molecule has 6 heterocycles. The first-order valence-corrected chi connectivity index (χ1v) is 40.2. The van der Waals surface area contributed by atoms with E-state index < -0.39 is 113 Å². The van der Waals surface area contributed by atoms with Crippen molar-refractivity contribution in [3.05, 3.63) is 251 Å². The lowest BCUT2D eigenvalue weighted by atomic mass is 9.84. The average Bonchev–Trinajstić information content (AvgIpc) is 0.811. The summed E-state index contributed by atoms with van der Waals surface area (Å²) in [5, 5.41) is 18.5. The van der Waals surface area contributed by atoms with Crippen LogP contribution in [0.25, 0.3) is 0 Å². The second-order valence-electron chi connectivity index (χ2n) is 27.5. The molecule has 7 aromatic rings. The highest BCUT2D eigenvalue weighted by Gasteiger charge is 2.55. The van der Waals surface area contributed by atoms with Gasteiger partial charge in [0.05, 0.1) is 80.7 Å². The van der Waals surface area contributed by atoms with E-state index in [1.165, 1.54) is 0 Å². The summed E-state index contributed by atoms with van der Waals surface area (Å²) in [4.78, 5) is 39.7. The van der Waals surface area contributed by atoms with Gasteiger partial charge in [-0.1, -0.05) is 259 Å². The van der Waals surface area contributed by atoms with Crippen LogP contribution in [0, 0.1) is 35.0 Å². The fraction of sp³-hybridized carbons (Fsp3) is 0.452. The summed E-state index contributed by atoms with van der Waals surface area (Å²) < 4.78 is 90.9. The number of hydrogen-bond acceptors (Lipinski definition) is 22. The molecule has 584 valence electrons. The Hall–Kier alpha value is -6.49. The van der Waals surface area contributed by atoms with Crippen molar-refractivity contribution >= 4 is 82.1 Å². The van der Waals surface area contributed by atoms with Crippen LogP contribution in [0.2, 0.25) is 0 Å². The Bertz CT molecular complexity index is 3910. The van der Waals surface area contributed by atoms with E-state index in [0.717, 1.165) is 33.8 Å². The molecule has 6 aliphatic heterocycles. The monoisotopic (exact) mass is 1590 g/mol. The number of ether oxygens (including phenoxy) is 15. The minimum Gasteiger partial charge on any atom is -0.455 e. The van der Waals surface area contributed by atoms with Crippen LogP contribution in [0.3, 0.4) is 0 Å². The van der Waals surface area contributed by atoms with Gasteiger partial charge in [-0.05, 0) is 64.9 Å². The molecule has 0 saturated carbocycles. The van der Waals surface area contributed by atoms with Crippen molar-refractivity contribution in [2.24, 2.45) is 29.6 Å². The van der Waals surface area contributed by atoms with E-state index in [-0.39, 0.29) is 67.1 Å². The zero-order valence-electron chi connectivity index (χ0n) is 61.8. The van der Waals surface area contributed by atoms with Gasteiger partial charge in [0.2, 0.25) is 12.2 Å². The molecule has 0 amide bonds. The number of fused-ring (bicyclic) bond motifs is 2. The number of rotatable bonds is 23. The number of carbonyl (C=O) groups is 3. The van der Waals surface area contributed by atoms with Gasteiger partial charge in [-0.25, -0.2) is 14.4 Å². The van der Waals surface area contributed by atoms with Gasteiger partial charge >= 0.3 is 17.9 Å². The topological polar surface area (TPSA) is 234 Å². The number of aliphatic hydroxyl groups excluding tert-OH is 1. The molecule has 6 fully saturated rings. The molecule has 6 saturated heterocycles. The van der Waals surface area contributed by atoms with E-state index in [1.807, 2.05) is 181 Å². The van der Waals surface area contributed by atoms with Gasteiger partial charge in [0.1, 0.15) is 47.5 Å². The molecule has 6 aliphatic rings. The maximum absolute atomic E-state index is 13.7. The van der Waals surface area contributed by atoms with Gasteiger partial charge in [0.15, 0.2) is 25.0 Å². The SMILES string of the molecule is CC1C(OC(=N)C(Cl)(Cl)Cl)OC2COC(c3ccccc3)OC2C1C.CCSC1OC(COCc2ccccc2)C(O)C(C)C1OC(=O)c1ccccc1.CCSC1OC(COCc2ccccc2)C(OC2OC3COC(c4ccccc4)OC3C(C)C2OC(=O)c2ccccc2)C(C)C1OC(=O)c1ccccc1. The Kier molecular flexibility index (Phi) is 31.2. The van der Waals surface area contributed by atoms with Gasteiger partial charge in [-0.2, -0.15) is 0 Å². The molecule has 13 rings (SSSR count). The smallest absolute Gasteiger partial charge is 0.338 e. The lowest BCUT2D eigenvalue weighted by molar-refractivity contribution is -0.366. The number of carbonyl (C=O) groups excluding carboxylic acids is 3. The molecule has 22 atom stereocenters. The van der Waals surface area contributed by atoms with Crippen LogP contribution in [0.4, 0.5) is 0 Å². The Morgan fingerprint density at radius 2 is 0.817 bits per heavy atom. The highest BCUT2D eigenvalue weighted by Crippen LogP contribution is 2.45. The third kappa shape index (κ3) is 22.5. The standard InChI is InChI=1S/C44H48O10S.C23H28O5S.C17H20Cl3NO4/c1-4-55-44-39(52-41(46)32-21-13-7-14-22-32)29(3)37(34(50-44)26-47-25-30-17-9-5-10-18-30)54-43-38(51-40(45)31-19-11-6-12-20-31)28(2)36-35(49-43)27-48-42(53-36)33-23-15-8-16-24-33;1-3-29-23-21(28-22(25)18-12-8-5-9-13-18)16(2)20(24)19(27-23)15-26-14-17-10-6-4-7-11-17;1-9-10(2)14(25-16(21)17(18,19)20)23-12-8-22-15(24-13(9)12)11-6-4-3-5-7-11/h5-24,28-29,34-39,42-44H,4,25-27H2,1-3H3;4-13,16,19-21,23-24H,3,14-15H2,1-2H3;3-7,9-10,12-15,21H,8H2,1-2H3. The van der Waals surface area contributed by atoms with Crippen LogP contribution in [-0.2, 0) is 84.3 Å². The summed E-state index contributed by atoms with van der Waals surface area (Å²) in [7, 11) is 0. The van der Waals surface area contributed by atoms with E-state index in [4.69, 9.17) is 111 Å². The van der Waals surface area contributed by atoms with Crippen LogP contribution in [0.15, 0.2) is 212 Å². The Balaban J connectivity index is 0.000000182. The second kappa shape index (κ2) is 40.8.